The number of fused-ring (bicyclic) bond motifs is 3. The molecule has 1 aliphatic carbocycles. The van der Waals surface area contributed by atoms with Crippen LogP contribution in [0.5, 0.6) is 11.5 Å². The van der Waals surface area contributed by atoms with Crippen LogP contribution in [-0.2, 0) is 15.2 Å². The molecule has 4 unspecified atom stereocenters. The average molecular weight is 422 g/mol. The Labute approximate surface area is 177 Å². The number of hydrogen-bond acceptors (Lipinski definition) is 6. The lowest BCUT2D eigenvalue weighted by atomic mass is 9.87. The van der Waals surface area contributed by atoms with Gasteiger partial charge in [-0.3, -0.25) is 14.6 Å². The van der Waals surface area contributed by atoms with E-state index < -0.39 is 35.3 Å². The SMILES string of the molecule is O=C(Oc1ccc(Cl)cc1)C1C(=O)C2(O)c3ncccc3OC2C1c1ccccc1. The van der Waals surface area contributed by atoms with E-state index in [2.05, 4.69) is 4.98 Å². The number of aliphatic hydroxyl groups is 1. The molecule has 0 spiro atoms. The number of ketones is 1. The molecule has 150 valence electrons. The van der Waals surface area contributed by atoms with Gasteiger partial charge in [0.2, 0.25) is 5.60 Å². The summed E-state index contributed by atoms with van der Waals surface area (Å²) in [6.45, 7) is 0. The van der Waals surface area contributed by atoms with E-state index in [1.807, 2.05) is 6.07 Å². The van der Waals surface area contributed by atoms with Crippen molar-refractivity contribution in [1.29, 1.82) is 0 Å². The highest BCUT2D eigenvalue weighted by Gasteiger charge is 2.69. The third-order valence-corrected chi connectivity index (χ3v) is 5.86. The van der Waals surface area contributed by atoms with Crippen molar-refractivity contribution >= 4 is 23.4 Å². The second-order valence-electron chi connectivity index (χ2n) is 7.31. The molecule has 2 heterocycles. The molecule has 5 rings (SSSR count). The molecule has 3 aromatic rings. The molecule has 0 amide bonds. The van der Waals surface area contributed by atoms with Crippen molar-refractivity contribution in [3.05, 3.63) is 89.2 Å². The zero-order valence-electron chi connectivity index (χ0n) is 15.6. The smallest absolute Gasteiger partial charge is 0.322 e. The Morgan fingerprint density at radius 3 is 2.53 bits per heavy atom. The fourth-order valence-corrected chi connectivity index (χ4v) is 4.40. The van der Waals surface area contributed by atoms with Crippen LogP contribution >= 0.6 is 11.6 Å². The Balaban J connectivity index is 1.58. The van der Waals surface area contributed by atoms with Crippen molar-refractivity contribution in [1.82, 2.24) is 4.98 Å². The maximum atomic E-state index is 13.4. The fraction of sp³-hybridized carbons (Fsp3) is 0.174. The van der Waals surface area contributed by atoms with Gasteiger partial charge in [0.25, 0.3) is 0 Å². The number of pyridine rings is 1. The van der Waals surface area contributed by atoms with Gasteiger partial charge in [0.1, 0.15) is 29.2 Å². The third-order valence-electron chi connectivity index (χ3n) is 5.61. The molecule has 7 heteroatoms. The molecule has 30 heavy (non-hydrogen) atoms. The molecule has 0 saturated heterocycles. The molecule has 1 N–H and O–H groups in total. The van der Waals surface area contributed by atoms with Crippen LogP contribution in [0.1, 0.15) is 17.2 Å². The van der Waals surface area contributed by atoms with Crippen molar-refractivity contribution in [3.63, 3.8) is 0 Å². The number of hydrogen-bond donors (Lipinski definition) is 1. The number of Topliss-reactive ketones (excluding diaryl/α,β-unsaturated/α-hetero) is 1. The van der Waals surface area contributed by atoms with Crippen molar-refractivity contribution in [3.8, 4) is 11.5 Å². The van der Waals surface area contributed by atoms with Crippen LogP contribution in [0.3, 0.4) is 0 Å². The molecular formula is C23H16ClNO5. The number of halogens is 1. The number of rotatable bonds is 3. The van der Waals surface area contributed by atoms with E-state index >= 15 is 0 Å². The lowest BCUT2D eigenvalue weighted by Crippen LogP contribution is -2.41. The highest BCUT2D eigenvalue weighted by atomic mass is 35.5. The normalized spacial score (nSPS) is 26.6. The van der Waals surface area contributed by atoms with Crippen LogP contribution in [0.25, 0.3) is 0 Å². The van der Waals surface area contributed by atoms with Crippen molar-refractivity contribution < 1.29 is 24.2 Å². The summed E-state index contributed by atoms with van der Waals surface area (Å²) in [5, 5.41) is 11.9. The Morgan fingerprint density at radius 1 is 1.07 bits per heavy atom. The van der Waals surface area contributed by atoms with Gasteiger partial charge in [-0.2, -0.15) is 0 Å². The number of esters is 1. The van der Waals surface area contributed by atoms with Gasteiger partial charge in [0.15, 0.2) is 5.78 Å². The summed E-state index contributed by atoms with van der Waals surface area (Å²) in [5.41, 5.74) is -1.21. The quantitative estimate of drug-likeness (QED) is 0.397. The zero-order chi connectivity index (χ0) is 20.9. The van der Waals surface area contributed by atoms with Crippen LogP contribution in [0.15, 0.2) is 72.9 Å². The first-order chi connectivity index (χ1) is 14.5. The maximum absolute atomic E-state index is 13.4. The van der Waals surface area contributed by atoms with Crippen LogP contribution < -0.4 is 9.47 Å². The first-order valence-corrected chi connectivity index (χ1v) is 9.79. The molecule has 1 saturated carbocycles. The predicted molar refractivity (Wildman–Crippen MR) is 107 cm³/mol. The molecule has 1 aliphatic heterocycles. The van der Waals surface area contributed by atoms with E-state index in [-0.39, 0.29) is 11.4 Å². The first kappa shape index (κ1) is 18.8. The molecule has 2 aliphatic rings. The van der Waals surface area contributed by atoms with Gasteiger partial charge in [0, 0.05) is 17.1 Å². The van der Waals surface area contributed by atoms with E-state index in [0.29, 0.717) is 16.3 Å². The van der Waals surface area contributed by atoms with Crippen LogP contribution in [-0.4, -0.2) is 27.9 Å². The summed E-state index contributed by atoms with van der Waals surface area (Å²) < 4.78 is 11.4. The number of carbonyl (C=O) groups excluding carboxylic acids is 2. The maximum Gasteiger partial charge on any atom is 0.322 e. The summed E-state index contributed by atoms with van der Waals surface area (Å²) in [6, 6.07) is 18.6. The largest absolute Gasteiger partial charge is 0.484 e. The Morgan fingerprint density at radius 2 is 1.80 bits per heavy atom. The minimum atomic E-state index is -2.03. The van der Waals surface area contributed by atoms with Gasteiger partial charge in [-0.1, -0.05) is 41.9 Å². The van der Waals surface area contributed by atoms with Gasteiger partial charge in [-0.25, -0.2) is 0 Å². The minimum Gasteiger partial charge on any atom is -0.484 e. The number of aromatic nitrogens is 1. The number of benzene rings is 2. The van der Waals surface area contributed by atoms with Gasteiger partial charge < -0.3 is 14.6 Å². The lowest BCUT2D eigenvalue weighted by Gasteiger charge is -2.23. The Bertz CT molecular complexity index is 1130. The van der Waals surface area contributed by atoms with E-state index in [9.17, 15) is 14.7 Å². The second-order valence-corrected chi connectivity index (χ2v) is 7.74. The monoisotopic (exact) mass is 421 g/mol. The number of carbonyl (C=O) groups is 2. The molecule has 1 fully saturated rings. The summed E-state index contributed by atoms with van der Waals surface area (Å²) in [7, 11) is 0. The second kappa shape index (κ2) is 6.93. The standard InChI is InChI=1S/C23H16ClNO5/c24-14-8-10-15(11-9-14)29-22(27)18-17(13-5-2-1-3-6-13)21-23(28,20(18)26)19-16(30-21)7-4-12-25-19/h1-12,17-18,21,28H. The first-order valence-electron chi connectivity index (χ1n) is 9.41. The molecular weight excluding hydrogens is 406 g/mol. The molecule has 0 bridgehead atoms. The molecule has 0 radical (unpaired) electrons. The van der Waals surface area contributed by atoms with Crippen molar-refractivity contribution in [2.75, 3.05) is 0 Å². The molecule has 6 nitrogen and oxygen atoms in total. The van der Waals surface area contributed by atoms with Crippen LogP contribution in [0, 0.1) is 5.92 Å². The highest BCUT2D eigenvalue weighted by Crippen LogP contribution is 2.55. The Hall–Kier alpha value is -3.22. The van der Waals surface area contributed by atoms with E-state index in [4.69, 9.17) is 21.1 Å². The summed E-state index contributed by atoms with van der Waals surface area (Å²) >= 11 is 5.88. The van der Waals surface area contributed by atoms with E-state index in [1.165, 1.54) is 6.20 Å². The highest BCUT2D eigenvalue weighted by molar-refractivity contribution is 6.30. The molecule has 1 aromatic heterocycles. The van der Waals surface area contributed by atoms with E-state index in [1.54, 1.807) is 60.7 Å². The lowest BCUT2D eigenvalue weighted by molar-refractivity contribution is -0.149. The van der Waals surface area contributed by atoms with Gasteiger partial charge >= 0.3 is 5.97 Å². The van der Waals surface area contributed by atoms with E-state index in [0.717, 1.165) is 0 Å². The summed E-state index contributed by atoms with van der Waals surface area (Å²) in [4.78, 5) is 30.7. The summed E-state index contributed by atoms with van der Waals surface area (Å²) in [6.07, 6.45) is 0.493. The Kier molecular flexibility index (Phi) is 4.34. The van der Waals surface area contributed by atoms with Crippen LogP contribution in [0.4, 0.5) is 0 Å². The predicted octanol–water partition coefficient (Wildman–Crippen LogP) is 3.27. The number of nitrogens with zero attached hydrogens (tertiary/aromatic N) is 1. The minimum absolute atomic E-state index is 0.128. The third kappa shape index (κ3) is 2.72. The van der Waals surface area contributed by atoms with Crippen molar-refractivity contribution in [2.24, 2.45) is 5.92 Å². The van der Waals surface area contributed by atoms with Crippen molar-refractivity contribution in [2.45, 2.75) is 17.6 Å². The van der Waals surface area contributed by atoms with Crippen LogP contribution in [0.2, 0.25) is 5.02 Å². The molecule has 4 atom stereocenters. The van der Waals surface area contributed by atoms with Gasteiger partial charge in [0.05, 0.1) is 0 Å². The van der Waals surface area contributed by atoms with Gasteiger partial charge in [-0.15, -0.1) is 0 Å². The molecule has 2 aromatic carbocycles. The zero-order valence-corrected chi connectivity index (χ0v) is 16.3. The van der Waals surface area contributed by atoms with Gasteiger partial charge in [-0.05, 0) is 42.0 Å². The number of ether oxygens (including phenoxy) is 2. The fourth-order valence-electron chi connectivity index (χ4n) is 4.27. The average Bonchev–Trinajstić information content (AvgIpc) is 3.18. The topological polar surface area (TPSA) is 85.7 Å². The summed E-state index contributed by atoms with van der Waals surface area (Å²) in [5.74, 6) is -2.85.